The van der Waals surface area contributed by atoms with Crippen molar-refractivity contribution in [2.45, 2.75) is 174 Å². The fourth-order valence-corrected chi connectivity index (χ4v) is 8.70. The van der Waals surface area contributed by atoms with Crippen LogP contribution < -0.4 is 0 Å². The molecule has 9 unspecified atom stereocenters. The van der Waals surface area contributed by atoms with Crippen LogP contribution in [0, 0.1) is 29.6 Å². The second-order valence-corrected chi connectivity index (χ2v) is 17.4. The van der Waals surface area contributed by atoms with Crippen LogP contribution in [0.5, 0.6) is 0 Å². The Balaban J connectivity index is 1.61. The van der Waals surface area contributed by atoms with E-state index in [0.29, 0.717) is 69.3 Å². The lowest BCUT2D eigenvalue weighted by Crippen LogP contribution is -2.60. The van der Waals surface area contributed by atoms with Gasteiger partial charge in [-0.3, -0.25) is 14.4 Å². The Kier molecular flexibility index (Phi) is 17.1. The molecule has 3 N–H and O–H groups in total. The van der Waals surface area contributed by atoms with Gasteiger partial charge in [-0.1, -0.05) is 69.7 Å². The maximum Gasteiger partial charge on any atom is 0.329 e. The third kappa shape index (κ3) is 12.8. The normalized spacial score (nSPS) is 36.6. The Morgan fingerprint density at radius 1 is 0.909 bits per heavy atom. The van der Waals surface area contributed by atoms with Crippen molar-refractivity contribution in [1.82, 2.24) is 4.90 Å². The van der Waals surface area contributed by atoms with Gasteiger partial charge < -0.3 is 29.7 Å². The van der Waals surface area contributed by atoms with E-state index < -0.39 is 53.7 Å². The lowest BCUT2D eigenvalue weighted by atomic mass is 9.80. The van der Waals surface area contributed by atoms with Gasteiger partial charge in [-0.2, -0.15) is 0 Å². The van der Waals surface area contributed by atoms with Crippen molar-refractivity contribution >= 4 is 23.4 Å². The molecule has 0 aromatic rings. The summed E-state index contributed by atoms with van der Waals surface area (Å²) in [6.45, 7) is 11.7. The predicted molar refractivity (Wildman–Crippen MR) is 212 cm³/mol. The fourth-order valence-electron chi connectivity index (χ4n) is 8.70. The lowest BCUT2D eigenvalue weighted by Gasteiger charge is -2.42. The summed E-state index contributed by atoms with van der Waals surface area (Å²) < 4.78 is 12.4. The molecule has 308 valence electrons. The Hall–Kier alpha value is -2.92. The zero-order valence-electron chi connectivity index (χ0n) is 34.3. The number of allylic oxidation sites excluding steroid dienone is 6. The summed E-state index contributed by atoms with van der Waals surface area (Å²) in [7, 11) is 0. The average molecular weight is 768 g/mol. The topological polar surface area (TPSA) is 151 Å². The van der Waals surface area contributed by atoms with Gasteiger partial charge in [-0.15, -0.1) is 0 Å². The molecule has 0 aromatic heterocycles. The molecule has 9 atom stereocenters. The number of Topliss-reactive ketones (excluding diaryl/α,β-unsaturated/α-hetero) is 2. The first kappa shape index (κ1) is 44.8. The third-order valence-electron chi connectivity index (χ3n) is 12.7. The first-order chi connectivity index (χ1) is 26.1. The van der Waals surface area contributed by atoms with Crippen molar-refractivity contribution < 1.29 is 44.0 Å². The maximum absolute atomic E-state index is 14.1. The minimum Gasteiger partial charge on any atom is -0.460 e. The monoisotopic (exact) mass is 767 g/mol. The van der Waals surface area contributed by atoms with Crippen molar-refractivity contribution in [3.8, 4) is 0 Å². The largest absolute Gasteiger partial charge is 0.460 e. The molecule has 10 nitrogen and oxygen atoms in total. The second-order valence-electron chi connectivity index (χ2n) is 17.4. The molecule has 0 aromatic carbocycles. The van der Waals surface area contributed by atoms with Gasteiger partial charge in [-0.25, -0.2) is 4.79 Å². The summed E-state index contributed by atoms with van der Waals surface area (Å²) in [5, 5.41) is 32.9. The van der Waals surface area contributed by atoms with Gasteiger partial charge in [0.25, 0.3) is 11.7 Å². The zero-order valence-corrected chi connectivity index (χ0v) is 34.3. The van der Waals surface area contributed by atoms with Crippen LogP contribution in [-0.4, -0.2) is 86.5 Å². The fraction of sp³-hybridized carbons (Fsp3) is 0.733. The SMILES string of the molecule is CC1=CC=CC=CC(C)CC(C)C(=O)CC(O)C(C)=CCC(C(C)CC2CCC(O)CC2)OC(=O)C2CCCCN2C(=O)C(=O)C2(O)OC(CC1)CCC2C. The van der Waals surface area contributed by atoms with Crippen LogP contribution in [-0.2, 0) is 28.7 Å². The Morgan fingerprint density at radius 2 is 1.64 bits per heavy atom. The van der Waals surface area contributed by atoms with Crippen LogP contribution in [0.25, 0.3) is 0 Å². The van der Waals surface area contributed by atoms with Gasteiger partial charge in [-0.05, 0) is 121 Å². The number of carbonyl (C=O) groups is 4. The van der Waals surface area contributed by atoms with Crippen molar-refractivity contribution in [2.75, 3.05) is 6.54 Å². The van der Waals surface area contributed by atoms with Crippen molar-refractivity contribution in [2.24, 2.45) is 29.6 Å². The highest BCUT2D eigenvalue weighted by atomic mass is 16.6. The summed E-state index contributed by atoms with van der Waals surface area (Å²) in [5.41, 5.74) is 1.73. The number of hydrogen-bond acceptors (Lipinski definition) is 9. The van der Waals surface area contributed by atoms with Gasteiger partial charge in [0, 0.05) is 31.2 Å². The van der Waals surface area contributed by atoms with E-state index in [0.717, 1.165) is 37.7 Å². The van der Waals surface area contributed by atoms with Gasteiger partial charge in [0.05, 0.1) is 18.3 Å². The number of hydrogen-bond donors (Lipinski definition) is 3. The predicted octanol–water partition coefficient (Wildman–Crippen LogP) is 7.10. The highest BCUT2D eigenvalue weighted by molar-refractivity contribution is 6.39. The molecule has 1 aliphatic carbocycles. The number of fused-ring (bicyclic) bond motifs is 3. The van der Waals surface area contributed by atoms with Gasteiger partial charge in [0.1, 0.15) is 17.9 Å². The Labute approximate surface area is 329 Å². The number of aliphatic hydroxyl groups is 3. The average Bonchev–Trinajstić information content (AvgIpc) is 3.16. The highest BCUT2D eigenvalue weighted by Gasteiger charge is 2.52. The number of piperidine rings is 1. The molecule has 0 radical (unpaired) electrons. The Morgan fingerprint density at radius 3 is 2.36 bits per heavy atom. The number of ether oxygens (including phenoxy) is 2. The van der Waals surface area contributed by atoms with Crippen molar-refractivity contribution in [1.29, 1.82) is 0 Å². The number of ketones is 2. The van der Waals surface area contributed by atoms with Crippen LogP contribution in [0.15, 0.2) is 47.6 Å². The second kappa shape index (κ2) is 21.0. The number of aliphatic hydroxyl groups excluding tert-OH is 2. The molecule has 3 aliphatic heterocycles. The van der Waals surface area contributed by atoms with E-state index in [1.807, 2.05) is 51.2 Å². The van der Waals surface area contributed by atoms with Gasteiger partial charge in [0.15, 0.2) is 0 Å². The van der Waals surface area contributed by atoms with E-state index >= 15 is 0 Å². The molecule has 3 fully saturated rings. The van der Waals surface area contributed by atoms with E-state index in [4.69, 9.17) is 9.47 Å². The van der Waals surface area contributed by atoms with Crippen LogP contribution in [0.2, 0.25) is 0 Å². The molecular formula is C45H69NO9. The number of cyclic esters (lactones) is 1. The summed E-state index contributed by atoms with van der Waals surface area (Å²) in [4.78, 5) is 56.5. The molecule has 4 rings (SSSR count). The number of rotatable bonds is 3. The first-order valence-electron chi connectivity index (χ1n) is 21.1. The minimum atomic E-state index is -2.29. The number of esters is 1. The first-order valence-corrected chi connectivity index (χ1v) is 21.1. The molecule has 4 aliphatic rings. The maximum atomic E-state index is 14.1. The summed E-state index contributed by atoms with van der Waals surface area (Å²) in [5.74, 6) is -5.24. The molecule has 0 spiro atoms. The zero-order chi connectivity index (χ0) is 40.3. The van der Waals surface area contributed by atoms with Gasteiger partial charge >= 0.3 is 5.97 Å². The molecule has 55 heavy (non-hydrogen) atoms. The highest BCUT2D eigenvalue weighted by Crippen LogP contribution is 2.37. The van der Waals surface area contributed by atoms with Crippen LogP contribution >= 0.6 is 0 Å². The van der Waals surface area contributed by atoms with Crippen LogP contribution in [0.4, 0.5) is 0 Å². The van der Waals surface area contributed by atoms with E-state index in [9.17, 15) is 34.5 Å². The minimum absolute atomic E-state index is 0.00295. The van der Waals surface area contributed by atoms with E-state index in [2.05, 4.69) is 13.0 Å². The molecule has 1 saturated carbocycles. The van der Waals surface area contributed by atoms with E-state index in [1.165, 1.54) is 4.90 Å². The standard InChI is InChI=1S/C45H69NO9/c1-29-12-8-7-9-13-30(2)26-32(4)40(49)28-39(48)31(3)16-24-41(33(5)27-35-18-20-36(47)21-19-35)54-44(52)38-14-10-11-25-46(38)43(51)42(50)45(53)34(6)17-23-37(55-45)22-15-29/h7-9,12-13,16,30,32-39,41,47-48,53H,10-11,14-15,17-28H2,1-6H3. The molecule has 1 amide bonds. The molecule has 10 heteroatoms. The molecule has 2 saturated heterocycles. The quantitative estimate of drug-likeness (QED) is 0.155. The third-order valence-corrected chi connectivity index (χ3v) is 12.7. The van der Waals surface area contributed by atoms with Crippen molar-refractivity contribution in [3.63, 3.8) is 0 Å². The van der Waals surface area contributed by atoms with E-state index in [1.54, 1.807) is 13.8 Å². The summed E-state index contributed by atoms with van der Waals surface area (Å²) >= 11 is 0. The lowest BCUT2D eigenvalue weighted by molar-refractivity contribution is -0.263. The Bertz CT molecular complexity index is 1440. The summed E-state index contributed by atoms with van der Waals surface area (Å²) in [6, 6.07) is -0.988. The number of amides is 1. The summed E-state index contributed by atoms with van der Waals surface area (Å²) in [6.07, 6.45) is 18.6. The molecule has 3 heterocycles. The smallest absolute Gasteiger partial charge is 0.329 e. The van der Waals surface area contributed by atoms with Crippen LogP contribution in [0.1, 0.15) is 138 Å². The van der Waals surface area contributed by atoms with E-state index in [-0.39, 0.29) is 42.6 Å². The molecular weight excluding hydrogens is 698 g/mol. The number of carbonyl (C=O) groups excluding carboxylic acids is 4. The molecule has 2 bridgehead atoms. The van der Waals surface area contributed by atoms with Crippen LogP contribution in [0.3, 0.4) is 0 Å². The van der Waals surface area contributed by atoms with Gasteiger partial charge in [0.2, 0.25) is 5.79 Å². The van der Waals surface area contributed by atoms with Crippen molar-refractivity contribution in [3.05, 3.63) is 47.6 Å². The number of nitrogens with zero attached hydrogens (tertiary/aromatic N) is 1.